The molecule has 0 atom stereocenters. The number of anilines is 1. The zero-order valence-corrected chi connectivity index (χ0v) is 18.5. The number of nitrogens with one attached hydrogen (secondary N) is 1. The second-order valence-electron chi connectivity index (χ2n) is 8.38. The molecule has 2 aliphatic heterocycles. The molecule has 2 aliphatic rings. The summed E-state index contributed by atoms with van der Waals surface area (Å²) >= 11 is 0. The number of para-hydroxylation sites is 1. The van der Waals surface area contributed by atoms with Gasteiger partial charge in [0.05, 0.1) is 31.1 Å². The van der Waals surface area contributed by atoms with Gasteiger partial charge >= 0.3 is 0 Å². The first-order chi connectivity index (χ1) is 14.4. The lowest BCUT2D eigenvalue weighted by molar-refractivity contribution is -0.895. The maximum atomic E-state index is 13.1. The molecule has 7 heteroatoms. The van der Waals surface area contributed by atoms with Crippen LogP contribution in [-0.4, -0.2) is 57.9 Å². The van der Waals surface area contributed by atoms with Crippen molar-refractivity contribution >= 4 is 21.6 Å². The molecule has 0 spiro atoms. The lowest BCUT2D eigenvalue weighted by Crippen LogP contribution is -3.15. The first-order valence-corrected chi connectivity index (χ1v) is 12.1. The summed E-state index contributed by atoms with van der Waals surface area (Å²) in [5.41, 5.74) is 3.98. The Morgan fingerprint density at radius 3 is 2.53 bits per heavy atom. The molecule has 1 N–H and O–H groups in total. The van der Waals surface area contributed by atoms with Crippen molar-refractivity contribution in [2.45, 2.75) is 31.6 Å². The van der Waals surface area contributed by atoms with Gasteiger partial charge < -0.3 is 9.80 Å². The van der Waals surface area contributed by atoms with Crippen molar-refractivity contribution in [1.29, 1.82) is 0 Å². The molecule has 1 fully saturated rings. The average Bonchev–Trinajstić information content (AvgIpc) is 2.75. The van der Waals surface area contributed by atoms with Crippen molar-refractivity contribution in [2.24, 2.45) is 0 Å². The van der Waals surface area contributed by atoms with Crippen LogP contribution in [0.2, 0.25) is 0 Å². The van der Waals surface area contributed by atoms with Crippen molar-refractivity contribution in [3.63, 3.8) is 0 Å². The van der Waals surface area contributed by atoms with Crippen LogP contribution in [0.25, 0.3) is 0 Å². The van der Waals surface area contributed by atoms with E-state index in [0.29, 0.717) is 37.6 Å². The number of rotatable bonds is 4. The SMILES string of the molecule is Cc1ccc(C)c(S(=O)(=O)N2CC[NH+](CC(=O)N3CCCc4ccccc43)CC2)c1. The number of nitrogens with zero attached hydrogens (tertiary/aromatic N) is 2. The molecule has 0 aliphatic carbocycles. The number of quaternary nitrogens is 1. The van der Waals surface area contributed by atoms with Gasteiger partial charge in [-0.15, -0.1) is 0 Å². The molecule has 1 amide bonds. The molecule has 0 saturated carbocycles. The first-order valence-electron chi connectivity index (χ1n) is 10.7. The Labute approximate surface area is 179 Å². The van der Waals surface area contributed by atoms with Gasteiger partial charge in [0.25, 0.3) is 5.91 Å². The number of sulfonamides is 1. The fourth-order valence-corrected chi connectivity index (χ4v) is 6.20. The quantitative estimate of drug-likeness (QED) is 0.795. The molecular weight excluding hydrogens is 398 g/mol. The van der Waals surface area contributed by atoms with E-state index in [1.807, 2.05) is 49.1 Å². The van der Waals surface area contributed by atoms with E-state index in [0.717, 1.165) is 41.1 Å². The third kappa shape index (κ3) is 4.15. The van der Waals surface area contributed by atoms with E-state index < -0.39 is 10.0 Å². The fourth-order valence-electron chi connectivity index (χ4n) is 4.45. The summed E-state index contributed by atoms with van der Waals surface area (Å²) < 4.78 is 27.8. The first kappa shape index (κ1) is 21.0. The number of benzene rings is 2. The van der Waals surface area contributed by atoms with Crippen LogP contribution in [0, 0.1) is 13.8 Å². The second kappa shape index (κ2) is 8.49. The molecule has 1 saturated heterocycles. The number of hydrogen-bond donors (Lipinski definition) is 1. The number of fused-ring (bicyclic) bond motifs is 1. The Kier molecular flexibility index (Phi) is 5.95. The number of aryl methyl sites for hydroxylation is 3. The highest BCUT2D eigenvalue weighted by atomic mass is 32.2. The molecule has 0 radical (unpaired) electrons. The molecule has 6 nitrogen and oxygen atoms in total. The zero-order valence-electron chi connectivity index (χ0n) is 17.7. The monoisotopic (exact) mass is 428 g/mol. The van der Waals surface area contributed by atoms with Crippen molar-refractivity contribution in [3.8, 4) is 0 Å². The van der Waals surface area contributed by atoms with Gasteiger partial charge in [-0.1, -0.05) is 30.3 Å². The molecule has 0 bridgehead atoms. The van der Waals surface area contributed by atoms with Gasteiger partial charge in [-0.25, -0.2) is 8.42 Å². The Morgan fingerprint density at radius 2 is 1.77 bits per heavy atom. The summed E-state index contributed by atoms with van der Waals surface area (Å²) in [7, 11) is -3.50. The van der Waals surface area contributed by atoms with Crippen molar-refractivity contribution < 1.29 is 18.1 Å². The molecule has 2 heterocycles. The van der Waals surface area contributed by atoms with Gasteiger partial charge in [-0.05, 0) is 55.5 Å². The summed E-state index contributed by atoms with van der Waals surface area (Å²) in [4.78, 5) is 16.4. The smallest absolute Gasteiger partial charge is 0.282 e. The van der Waals surface area contributed by atoms with Crippen LogP contribution in [-0.2, 0) is 21.2 Å². The van der Waals surface area contributed by atoms with E-state index in [2.05, 4.69) is 6.07 Å². The van der Waals surface area contributed by atoms with Crippen LogP contribution in [0.5, 0.6) is 0 Å². The molecule has 2 aromatic rings. The average molecular weight is 429 g/mol. The lowest BCUT2D eigenvalue weighted by atomic mass is 10.0. The third-order valence-corrected chi connectivity index (χ3v) is 8.24. The van der Waals surface area contributed by atoms with Crippen molar-refractivity contribution in [2.75, 3.05) is 44.2 Å². The molecule has 4 rings (SSSR count). The van der Waals surface area contributed by atoms with Crippen LogP contribution in [0.1, 0.15) is 23.1 Å². The van der Waals surface area contributed by atoms with Gasteiger partial charge in [0.2, 0.25) is 10.0 Å². The van der Waals surface area contributed by atoms with Crippen LogP contribution < -0.4 is 9.80 Å². The van der Waals surface area contributed by atoms with Gasteiger partial charge in [0.1, 0.15) is 0 Å². The number of piperazine rings is 1. The molecule has 0 unspecified atom stereocenters. The van der Waals surface area contributed by atoms with E-state index in [9.17, 15) is 13.2 Å². The molecular formula is C23H30N3O3S+. The summed E-state index contributed by atoms with van der Waals surface area (Å²) in [6, 6.07) is 13.7. The molecule has 0 aromatic heterocycles. The van der Waals surface area contributed by atoms with Crippen LogP contribution in [0.3, 0.4) is 0 Å². The predicted octanol–water partition coefficient (Wildman–Crippen LogP) is 1.17. The minimum absolute atomic E-state index is 0.128. The minimum Gasteiger partial charge on any atom is -0.325 e. The van der Waals surface area contributed by atoms with Gasteiger partial charge in [0.15, 0.2) is 6.54 Å². The summed E-state index contributed by atoms with van der Waals surface area (Å²) in [5, 5.41) is 0. The standard InChI is InChI=1S/C23H29N3O3S/c1-18-9-10-19(2)22(16-18)30(28,29)25-14-12-24(13-15-25)17-23(27)26-11-5-7-20-6-3-4-8-21(20)26/h3-4,6,8-10,16H,5,7,11-15,17H2,1-2H3/p+1. The van der Waals surface area contributed by atoms with E-state index in [4.69, 9.17) is 0 Å². The third-order valence-electron chi connectivity index (χ3n) is 6.20. The maximum Gasteiger partial charge on any atom is 0.282 e. The van der Waals surface area contributed by atoms with Crippen LogP contribution in [0.4, 0.5) is 5.69 Å². The Morgan fingerprint density at radius 1 is 1.03 bits per heavy atom. The van der Waals surface area contributed by atoms with E-state index in [1.165, 1.54) is 5.56 Å². The Hall–Kier alpha value is -2.22. The topological polar surface area (TPSA) is 62.1 Å². The molecule has 30 heavy (non-hydrogen) atoms. The van der Waals surface area contributed by atoms with E-state index >= 15 is 0 Å². The van der Waals surface area contributed by atoms with E-state index in [-0.39, 0.29) is 5.91 Å². The van der Waals surface area contributed by atoms with Crippen LogP contribution >= 0.6 is 0 Å². The Bertz CT molecular complexity index is 1040. The summed E-state index contributed by atoms with van der Waals surface area (Å²) in [6.45, 7) is 7.08. The summed E-state index contributed by atoms with van der Waals surface area (Å²) in [6.07, 6.45) is 2.00. The fraction of sp³-hybridized carbons (Fsp3) is 0.435. The maximum absolute atomic E-state index is 13.1. The second-order valence-corrected chi connectivity index (χ2v) is 10.3. The number of hydrogen-bond acceptors (Lipinski definition) is 3. The van der Waals surface area contributed by atoms with Crippen molar-refractivity contribution in [3.05, 3.63) is 59.2 Å². The molecule has 2 aromatic carbocycles. The zero-order chi connectivity index (χ0) is 21.3. The van der Waals surface area contributed by atoms with Gasteiger partial charge in [-0.2, -0.15) is 4.31 Å². The highest BCUT2D eigenvalue weighted by molar-refractivity contribution is 7.89. The molecule has 160 valence electrons. The minimum atomic E-state index is -3.50. The van der Waals surface area contributed by atoms with Crippen LogP contribution in [0.15, 0.2) is 47.4 Å². The highest BCUT2D eigenvalue weighted by Gasteiger charge is 2.33. The summed E-state index contributed by atoms with van der Waals surface area (Å²) in [5.74, 6) is 0.128. The Balaban J connectivity index is 1.40. The van der Waals surface area contributed by atoms with Gasteiger partial charge in [-0.3, -0.25) is 4.79 Å². The lowest BCUT2D eigenvalue weighted by Gasteiger charge is -2.34. The number of carbonyl (C=O) groups excluding carboxylic acids is 1. The highest BCUT2D eigenvalue weighted by Crippen LogP contribution is 2.26. The number of amides is 1. The van der Waals surface area contributed by atoms with E-state index in [1.54, 1.807) is 10.4 Å². The van der Waals surface area contributed by atoms with Crippen molar-refractivity contribution in [1.82, 2.24) is 4.31 Å². The van der Waals surface area contributed by atoms with Gasteiger partial charge in [0, 0.05) is 12.2 Å². The largest absolute Gasteiger partial charge is 0.325 e. The predicted molar refractivity (Wildman–Crippen MR) is 117 cm³/mol. The normalized spacial score (nSPS) is 18.3. The number of carbonyl (C=O) groups is 1.